The molecule has 2 unspecified atom stereocenters. The molecule has 21 heavy (non-hydrogen) atoms. The number of aliphatic hydroxyl groups excluding tert-OH is 1. The highest BCUT2D eigenvalue weighted by atomic mass is 32.2. The number of thiophene rings is 1. The fourth-order valence-electron chi connectivity index (χ4n) is 2.09. The summed E-state index contributed by atoms with van der Waals surface area (Å²) in [5.41, 5.74) is 1.75. The van der Waals surface area contributed by atoms with Gasteiger partial charge in [0.05, 0.1) is 11.0 Å². The van der Waals surface area contributed by atoms with Crippen LogP contribution in [0.3, 0.4) is 0 Å². The predicted molar refractivity (Wildman–Crippen MR) is 77.3 cm³/mol. The second-order valence-corrected chi connectivity index (χ2v) is 8.09. The maximum Gasteiger partial charge on any atom is 0.306 e. The first-order chi connectivity index (χ1) is 9.77. The van der Waals surface area contributed by atoms with Gasteiger partial charge in [0, 0.05) is 19.2 Å². The Morgan fingerprint density at radius 2 is 2.29 bits per heavy atom. The quantitative estimate of drug-likeness (QED) is 0.409. The second kappa shape index (κ2) is 5.85. The zero-order chi connectivity index (χ0) is 15.8. The van der Waals surface area contributed by atoms with Crippen molar-refractivity contribution in [3.05, 3.63) is 16.2 Å². The molecular formula is C10H16N4O5S2. The Kier molecular flexibility index (Phi) is 4.49. The Bertz CT molecular complexity index is 644. The monoisotopic (exact) mass is 336 g/mol. The summed E-state index contributed by atoms with van der Waals surface area (Å²) in [4.78, 5) is 10.2. The van der Waals surface area contributed by atoms with E-state index in [0.29, 0.717) is 17.8 Å². The van der Waals surface area contributed by atoms with Crippen LogP contribution in [0.5, 0.6) is 0 Å². The number of piperidine rings is 1. The van der Waals surface area contributed by atoms with Gasteiger partial charge in [-0.2, -0.15) is 4.31 Å². The smallest absolute Gasteiger partial charge is 0.306 e. The molecule has 0 bridgehead atoms. The average molecular weight is 336 g/mol. The average Bonchev–Trinajstić information content (AvgIpc) is 2.86. The number of hydrazine groups is 1. The first-order valence-electron chi connectivity index (χ1n) is 6.20. The summed E-state index contributed by atoms with van der Waals surface area (Å²) in [5, 5.41) is 20.6. The maximum atomic E-state index is 12.5. The fourth-order valence-corrected chi connectivity index (χ4v) is 4.96. The van der Waals surface area contributed by atoms with Crippen LogP contribution < -0.4 is 11.3 Å². The van der Waals surface area contributed by atoms with Gasteiger partial charge in [0.2, 0.25) is 0 Å². The van der Waals surface area contributed by atoms with Crippen molar-refractivity contribution < 1.29 is 18.4 Å². The minimum atomic E-state index is -3.87. The number of nitrogens with one attached hydrogen (secondary N) is 1. The van der Waals surface area contributed by atoms with E-state index in [1.165, 1.54) is 0 Å². The number of nitrogens with zero attached hydrogens (tertiary/aromatic N) is 2. The van der Waals surface area contributed by atoms with Gasteiger partial charge in [0.25, 0.3) is 10.0 Å². The molecule has 2 rings (SSSR count). The summed E-state index contributed by atoms with van der Waals surface area (Å²) in [7, 11) is -3.87. The highest BCUT2D eigenvalue weighted by Crippen LogP contribution is 2.38. The summed E-state index contributed by atoms with van der Waals surface area (Å²) in [6, 6.07) is 0.986. The lowest BCUT2D eigenvalue weighted by molar-refractivity contribution is -0.383. The maximum absolute atomic E-state index is 12.5. The third-order valence-electron chi connectivity index (χ3n) is 3.49. The first kappa shape index (κ1) is 16.1. The van der Waals surface area contributed by atoms with Gasteiger partial charge in [-0.05, 0) is 12.3 Å². The normalized spacial score (nSPS) is 24.0. The molecule has 1 aromatic rings. The summed E-state index contributed by atoms with van der Waals surface area (Å²) >= 11 is 0.701. The van der Waals surface area contributed by atoms with E-state index in [-0.39, 0.29) is 33.9 Å². The van der Waals surface area contributed by atoms with Gasteiger partial charge in [0.1, 0.15) is 4.21 Å². The van der Waals surface area contributed by atoms with E-state index in [1.54, 1.807) is 0 Å². The van der Waals surface area contributed by atoms with E-state index in [1.807, 2.05) is 6.92 Å². The van der Waals surface area contributed by atoms with E-state index >= 15 is 0 Å². The molecular weight excluding hydrogens is 320 g/mol. The van der Waals surface area contributed by atoms with Crippen LogP contribution in [0.4, 0.5) is 10.7 Å². The lowest BCUT2D eigenvalue weighted by Crippen LogP contribution is -2.45. The number of aliphatic hydroxyl groups is 1. The molecule has 1 aromatic heterocycles. The number of anilines is 1. The van der Waals surface area contributed by atoms with E-state index in [0.717, 1.165) is 10.4 Å². The molecule has 0 spiro atoms. The van der Waals surface area contributed by atoms with Crippen molar-refractivity contribution in [1.29, 1.82) is 0 Å². The molecule has 0 amide bonds. The van der Waals surface area contributed by atoms with Crippen molar-refractivity contribution in [1.82, 2.24) is 4.31 Å². The first-order valence-corrected chi connectivity index (χ1v) is 8.46. The molecule has 0 radical (unpaired) electrons. The minimum absolute atomic E-state index is 0.0133. The van der Waals surface area contributed by atoms with Crippen LogP contribution in [-0.2, 0) is 10.0 Å². The summed E-state index contributed by atoms with van der Waals surface area (Å²) < 4.78 is 25.9. The van der Waals surface area contributed by atoms with Gasteiger partial charge < -0.3 is 10.5 Å². The SMILES string of the molecule is CC1CCN(S(=O)(=O)c2cc([N+](=O)[O-])c(NN)s2)CC1O. The number of rotatable bonds is 4. The van der Waals surface area contributed by atoms with Crippen LogP contribution in [-0.4, -0.2) is 41.9 Å². The molecule has 4 N–H and O–H groups in total. The lowest BCUT2D eigenvalue weighted by atomic mass is 9.98. The Hall–Kier alpha value is -1.27. The van der Waals surface area contributed by atoms with Gasteiger partial charge >= 0.3 is 5.69 Å². The molecule has 2 atom stereocenters. The van der Waals surface area contributed by atoms with Gasteiger partial charge in [-0.15, -0.1) is 0 Å². The molecule has 11 heteroatoms. The Morgan fingerprint density at radius 1 is 1.62 bits per heavy atom. The van der Waals surface area contributed by atoms with Crippen molar-refractivity contribution in [3.8, 4) is 0 Å². The standard InChI is InChI=1S/C10H16N4O5S2/c1-6-2-3-13(5-8(6)15)21(18,19)9-4-7(14(16)17)10(12-11)20-9/h4,6,8,12,15H,2-3,5,11H2,1H3. The zero-order valence-corrected chi connectivity index (χ0v) is 12.9. The van der Waals surface area contributed by atoms with Crippen molar-refractivity contribution in [2.75, 3.05) is 18.5 Å². The molecule has 0 aliphatic carbocycles. The second-order valence-electron chi connectivity index (χ2n) is 4.88. The largest absolute Gasteiger partial charge is 0.391 e. The van der Waals surface area contributed by atoms with E-state index in [4.69, 9.17) is 5.84 Å². The zero-order valence-electron chi connectivity index (χ0n) is 11.2. The van der Waals surface area contributed by atoms with Crippen molar-refractivity contribution >= 4 is 32.0 Å². The van der Waals surface area contributed by atoms with Gasteiger partial charge in [-0.3, -0.25) is 10.1 Å². The molecule has 2 heterocycles. The highest BCUT2D eigenvalue weighted by Gasteiger charge is 2.35. The van der Waals surface area contributed by atoms with Crippen LogP contribution in [0, 0.1) is 16.0 Å². The lowest BCUT2D eigenvalue weighted by Gasteiger charge is -2.32. The predicted octanol–water partition coefficient (Wildman–Crippen LogP) is 0.333. The topological polar surface area (TPSA) is 139 Å². The Labute approximate surface area is 125 Å². The Balaban J connectivity index is 2.34. The number of hydrogen-bond acceptors (Lipinski definition) is 8. The van der Waals surface area contributed by atoms with Crippen LogP contribution >= 0.6 is 11.3 Å². The summed E-state index contributed by atoms with van der Waals surface area (Å²) in [5.74, 6) is 5.19. The third kappa shape index (κ3) is 3.01. The van der Waals surface area contributed by atoms with Crippen molar-refractivity contribution in [2.24, 2.45) is 11.8 Å². The molecule has 9 nitrogen and oxygen atoms in total. The van der Waals surface area contributed by atoms with Crippen molar-refractivity contribution in [3.63, 3.8) is 0 Å². The van der Waals surface area contributed by atoms with Gasteiger partial charge in [-0.25, -0.2) is 14.3 Å². The number of nitro groups is 1. The van der Waals surface area contributed by atoms with E-state index < -0.39 is 21.1 Å². The molecule has 0 saturated carbocycles. The molecule has 1 aliphatic heterocycles. The van der Waals surface area contributed by atoms with Gasteiger partial charge in [0.15, 0.2) is 5.00 Å². The number of β-amino-alcohol motifs (C(OH)–C–C–N with tert-alkyl or cyclic N) is 1. The minimum Gasteiger partial charge on any atom is -0.391 e. The van der Waals surface area contributed by atoms with Crippen molar-refractivity contribution in [2.45, 2.75) is 23.7 Å². The fraction of sp³-hybridized carbons (Fsp3) is 0.600. The number of nitrogen functional groups attached to an aromatic ring is 1. The van der Waals surface area contributed by atoms with Gasteiger partial charge in [-0.1, -0.05) is 18.3 Å². The molecule has 0 aromatic carbocycles. The third-order valence-corrected chi connectivity index (χ3v) is 6.86. The number of hydrogen-bond donors (Lipinski definition) is 3. The Morgan fingerprint density at radius 3 is 2.76 bits per heavy atom. The summed E-state index contributed by atoms with van der Waals surface area (Å²) in [6.45, 7) is 2.11. The van der Waals surface area contributed by atoms with E-state index in [2.05, 4.69) is 5.43 Å². The van der Waals surface area contributed by atoms with Crippen LogP contribution in [0.25, 0.3) is 0 Å². The molecule has 1 saturated heterocycles. The molecule has 118 valence electrons. The van der Waals surface area contributed by atoms with E-state index in [9.17, 15) is 23.6 Å². The van der Waals surface area contributed by atoms with Crippen LogP contribution in [0.2, 0.25) is 0 Å². The highest BCUT2D eigenvalue weighted by molar-refractivity contribution is 7.91. The molecule has 1 fully saturated rings. The number of nitrogens with two attached hydrogens (primary N) is 1. The molecule has 1 aliphatic rings. The summed E-state index contributed by atoms with van der Waals surface area (Å²) in [6.07, 6.45) is -0.203. The van der Waals surface area contributed by atoms with Crippen LogP contribution in [0.1, 0.15) is 13.3 Å². The van der Waals surface area contributed by atoms with Crippen LogP contribution in [0.15, 0.2) is 10.3 Å². The number of sulfonamides is 1.